The lowest BCUT2D eigenvalue weighted by Gasteiger charge is -2.07. The molecule has 0 aliphatic heterocycles. The normalized spacial score (nSPS) is 11.5. The molecule has 2 rings (SSSR count). The Morgan fingerprint density at radius 3 is 2.58 bits per heavy atom. The number of nitrogens with zero attached hydrogens (tertiary/aromatic N) is 1. The van der Waals surface area contributed by atoms with Crippen LogP contribution in [0.15, 0.2) is 59.7 Å². The monoisotopic (exact) mass is 322 g/mol. The van der Waals surface area contributed by atoms with E-state index in [1.165, 1.54) is 5.56 Å². The standard InChI is InChI=1S/C20H22N2O2/c1-15-9-12-19(13-16(15)2)24-14-20(23)22-21-17(3)10-11-18-7-5-4-6-8-18/h4-13H,14H2,1-3H3,(H,22,23)/b11-10+,21-17+. The number of allylic oxidation sites excluding steroid dienone is 1. The summed E-state index contributed by atoms with van der Waals surface area (Å²) in [6.45, 7) is 5.80. The van der Waals surface area contributed by atoms with Crippen LogP contribution in [-0.4, -0.2) is 18.2 Å². The SMILES string of the molecule is CC(/C=C/c1ccccc1)=N\NC(=O)COc1ccc(C)c(C)c1. The minimum absolute atomic E-state index is 0.0678. The quantitative estimate of drug-likeness (QED) is 0.648. The summed E-state index contributed by atoms with van der Waals surface area (Å²) in [6, 6.07) is 15.6. The van der Waals surface area contributed by atoms with Gasteiger partial charge in [0.25, 0.3) is 5.91 Å². The van der Waals surface area contributed by atoms with Gasteiger partial charge in [-0.15, -0.1) is 0 Å². The molecule has 0 spiro atoms. The molecule has 4 heteroatoms. The third kappa shape index (κ3) is 5.72. The highest BCUT2D eigenvalue weighted by Crippen LogP contribution is 2.16. The second-order valence-corrected chi connectivity index (χ2v) is 5.57. The molecule has 0 aliphatic carbocycles. The first-order valence-electron chi connectivity index (χ1n) is 7.81. The van der Waals surface area contributed by atoms with Crippen molar-refractivity contribution in [3.05, 3.63) is 71.3 Å². The highest BCUT2D eigenvalue weighted by molar-refractivity contribution is 5.97. The van der Waals surface area contributed by atoms with E-state index in [1.807, 2.05) is 81.5 Å². The second-order valence-electron chi connectivity index (χ2n) is 5.57. The van der Waals surface area contributed by atoms with E-state index < -0.39 is 0 Å². The molecule has 0 aromatic heterocycles. The molecule has 4 nitrogen and oxygen atoms in total. The Hall–Kier alpha value is -2.88. The van der Waals surface area contributed by atoms with Crippen LogP contribution in [0.4, 0.5) is 0 Å². The Labute approximate surface area is 142 Å². The fraction of sp³-hybridized carbons (Fsp3) is 0.200. The molecule has 0 unspecified atom stereocenters. The van der Waals surface area contributed by atoms with E-state index in [2.05, 4.69) is 10.5 Å². The molecule has 124 valence electrons. The number of aryl methyl sites for hydroxylation is 2. The summed E-state index contributed by atoms with van der Waals surface area (Å²) in [6.07, 6.45) is 3.79. The highest BCUT2D eigenvalue weighted by atomic mass is 16.5. The molecular formula is C20H22N2O2. The number of hydrazone groups is 1. The zero-order valence-corrected chi connectivity index (χ0v) is 14.2. The molecule has 0 radical (unpaired) electrons. The van der Waals surface area contributed by atoms with Gasteiger partial charge in [0.2, 0.25) is 0 Å². The van der Waals surface area contributed by atoms with Gasteiger partial charge in [-0.3, -0.25) is 4.79 Å². The number of hydrogen-bond acceptors (Lipinski definition) is 3. The summed E-state index contributed by atoms with van der Waals surface area (Å²) in [7, 11) is 0. The van der Waals surface area contributed by atoms with E-state index in [4.69, 9.17) is 4.74 Å². The summed E-state index contributed by atoms with van der Waals surface area (Å²) < 4.78 is 5.47. The van der Waals surface area contributed by atoms with E-state index in [0.717, 1.165) is 11.1 Å². The van der Waals surface area contributed by atoms with Gasteiger partial charge in [0, 0.05) is 0 Å². The maximum absolute atomic E-state index is 11.8. The molecule has 0 saturated carbocycles. The maximum Gasteiger partial charge on any atom is 0.277 e. The fourth-order valence-electron chi connectivity index (χ4n) is 1.95. The molecule has 1 N–H and O–H groups in total. The Morgan fingerprint density at radius 2 is 1.88 bits per heavy atom. The van der Waals surface area contributed by atoms with Crippen molar-refractivity contribution in [1.29, 1.82) is 0 Å². The van der Waals surface area contributed by atoms with Crippen molar-refractivity contribution >= 4 is 17.7 Å². The number of hydrogen-bond donors (Lipinski definition) is 1. The van der Waals surface area contributed by atoms with Crippen molar-refractivity contribution in [1.82, 2.24) is 5.43 Å². The van der Waals surface area contributed by atoms with Gasteiger partial charge in [-0.25, -0.2) is 5.43 Å². The average molecular weight is 322 g/mol. The molecule has 0 aliphatic rings. The third-order valence-electron chi connectivity index (χ3n) is 3.52. The lowest BCUT2D eigenvalue weighted by molar-refractivity contribution is -0.123. The Balaban J connectivity index is 1.81. The first kappa shape index (κ1) is 17.5. The number of carbonyl (C=O) groups is 1. The van der Waals surface area contributed by atoms with Gasteiger partial charge in [-0.1, -0.05) is 42.5 Å². The van der Waals surface area contributed by atoms with E-state index in [1.54, 1.807) is 0 Å². The lowest BCUT2D eigenvalue weighted by Crippen LogP contribution is -2.25. The Morgan fingerprint density at radius 1 is 1.12 bits per heavy atom. The fourth-order valence-corrected chi connectivity index (χ4v) is 1.95. The van der Waals surface area contributed by atoms with Crippen molar-refractivity contribution in [2.45, 2.75) is 20.8 Å². The third-order valence-corrected chi connectivity index (χ3v) is 3.52. The smallest absolute Gasteiger partial charge is 0.277 e. The van der Waals surface area contributed by atoms with E-state index in [-0.39, 0.29) is 12.5 Å². The summed E-state index contributed by atoms with van der Waals surface area (Å²) in [4.78, 5) is 11.8. The van der Waals surface area contributed by atoms with Gasteiger partial charge in [0.15, 0.2) is 6.61 Å². The highest BCUT2D eigenvalue weighted by Gasteiger charge is 2.02. The molecule has 2 aromatic rings. The zero-order chi connectivity index (χ0) is 17.4. The van der Waals surface area contributed by atoms with Crippen LogP contribution in [0.2, 0.25) is 0 Å². The molecule has 0 saturated heterocycles. The lowest BCUT2D eigenvalue weighted by atomic mass is 10.1. The van der Waals surface area contributed by atoms with Crippen LogP contribution in [0.5, 0.6) is 5.75 Å². The first-order chi connectivity index (χ1) is 11.5. The molecule has 2 aromatic carbocycles. The minimum Gasteiger partial charge on any atom is -0.484 e. The van der Waals surface area contributed by atoms with Crippen LogP contribution in [0.3, 0.4) is 0 Å². The molecule has 24 heavy (non-hydrogen) atoms. The number of rotatable bonds is 6. The van der Waals surface area contributed by atoms with E-state index >= 15 is 0 Å². The van der Waals surface area contributed by atoms with Crippen molar-refractivity contribution in [2.24, 2.45) is 5.10 Å². The molecule has 0 atom stereocenters. The molecule has 1 amide bonds. The van der Waals surface area contributed by atoms with Crippen LogP contribution < -0.4 is 10.2 Å². The predicted octanol–water partition coefficient (Wildman–Crippen LogP) is 3.89. The second kappa shape index (κ2) is 8.67. The van der Waals surface area contributed by atoms with Gasteiger partial charge in [0.1, 0.15) is 5.75 Å². The van der Waals surface area contributed by atoms with Crippen molar-refractivity contribution < 1.29 is 9.53 Å². The Bertz CT molecular complexity index is 749. The summed E-state index contributed by atoms with van der Waals surface area (Å²) in [5, 5.41) is 4.03. The minimum atomic E-state index is -0.291. The molecule has 0 heterocycles. The van der Waals surface area contributed by atoms with Gasteiger partial charge in [-0.2, -0.15) is 5.10 Å². The predicted molar refractivity (Wildman–Crippen MR) is 98.1 cm³/mol. The topological polar surface area (TPSA) is 50.7 Å². The molecule has 0 bridgehead atoms. The van der Waals surface area contributed by atoms with Gasteiger partial charge >= 0.3 is 0 Å². The van der Waals surface area contributed by atoms with Gasteiger partial charge < -0.3 is 4.74 Å². The van der Waals surface area contributed by atoms with Crippen LogP contribution in [0.1, 0.15) is 23.6 Å². The maximum atomic E-state index is 11.8. The average Bonchev–Trinajstić information content (AvgIpc) is 2.60. The van der Waals surface area contributed by atoms with Crippen LogP contribution in [0.25, 0.3) is 6.08 Å². The summed E-state index contributed by atoms with van der Waals surface area (Å²) in [5.41, 5.74) is 6.60. The number of benzene rings is 2. The first-order valence-corrected chi connectivity index (χ1v) is 7.81. The van der Waals surface area contributed by atoms with Crippen LogP contribution in [-0.2, 0) is 4.79 Å². The number of nitrogens with one attached hydrogen (secondary N) is 1. The molecule has 0 fully saturated rings. The summed E-state index contributed by atoms with van der Waals surface area (Å²) in [5.74, 6) is 0.388. The summed E-state index contributed by atoms with van der Waals surface area (Å²) >= 11 is 0. The number of carbonyl (C=O) groups excluding carboxylic acids is 1. The Kier molecular flexibility index (Phi) is 6.32. The van der Waals surface area contributed by atoms with Crippen LogP contribution in [0, 0.1) is 13.8 Å². The zero-order valence-electron chi connectivity index (χ0n) is 14.2. The van der Waals surface area contributed by atoms with Crippen molar-refractivity contribution in [2.75, 3.05) is 6.61 Å². The number of amides is 1. The number of ether oxygens (including phenoxy) is 1. The van der Waals surface area contributed by atoms with Crippen molar-refractivity contribution in [3.63, 3.8) is 0 Å². The van der Waals surface area contributed by atoms with Gasteiger partial charge in [-0.05, 0) is 55.7 Å². The van der Waals surface area contributed by atoms with Gasteiger partial charge in [0.05, 0.1) is 5.71 Å². The van der Waals surface area contributed by atoms with E-state index in [9.17, 15) is 4.79 Å². The van der Waals surface area contributed by atoms with E-state index in [0.29, 0.717) is 11.5 Å². The van der Waals surface area contributed by atoms with Crippen LogP contribution >= 0.6 is 0 Å². The molecular weight excluding hydrogens is 300 g/mol. The largest absolute Gasteiger partial charge is 0.484 e. The van der Waals surface area contributed by atoms with Crippen molar-refractivity contribution in [3.8, 4) is 5.75 Å².